The first-order chi connectivity index (χ1) is 13.1. The standard InChI is InChI=1S/C21H32N4O2/c1-15-12-24(13-16(2)27-15)14-19-7-4-10-25(19)21(26)23-20-9-8-18(11-22-20)17-5-3-6-17/h8-9,11,15-17,19H,3-7,10,12-14H2,1-2H3,(H,22,23,26). The van der Waals surface area contributed by atoms with Gasteiger partial charge in [0.15, 0.2) is 0 Å². The van der Waals surface area contributed by atoms with Crippen LogP contribution >= 0.6 is 0 Å². The molecule has 0 aromatic carbocycles. The highest BCUT2D eigenvalue weighted by molar-refractivity contribution is 5.88. The fraction of sp³-hybridized carbons (Fsp3) is 0.714. The van der Waals surface area contributed by atoms with Gasteiger partial charge < -0.3 is 9.64 Å². The maximum Gasteiger partial charge on any atom is 0.323 e. The van der Waals surface area contributed by atoms with E-state index in [-0.39, 0.29) is 24.3 Å². The first-order valence-corrected chi connectivity index (χ1v) is 10.5. The molecule has 6 nitrogen and oxygen atoms in total. The monoisotopic (exact) mass is 372 g/mol. The molecular formula is C21H32N4O2. The van der Waals surface area contributed by atoms with Crippen molar-refractivity contribution in [1.82, 2.24) is 14.8 Å². The summed E-state index contributed by atoms with van der Waals surface area (Å²) in [5.74, 6) is 1.32. The van der Waals surface area contributed by atoms with Gasteiger partial charge in [-0.05, 0) is 57.1 Å². The number of morpholine rings is 1. The highest BCUT2D eigenvalue weighted by atomic mass is 16.5. The van der Waals surface area contributed by atoms with Crippen molar-refractivity contribution < 1.29 is 9.53 Å². The van der Waals surface area contributed by atoms with Crippen molar-refractivity contribution in [3.05, 3.63) is 23.9 Å². The van der Waals surface area contributed by atoms with Gasteiger partial charge in [-0.1, -0.05) is 12.5 Å². The van der Waals surface area contributed by atoms with Crippen molar-refractivity contribution in [3.8, 4) is 0 Å². The largest absolute Gasteiger partial charge is 0.373 e. The predicted octanol–water partition coefficient (Wildman–Crippen LogP) is 3.45. The third kappa shape index (κ3) is 4.43. The number of rotatable bonds is 4. The summed E-state index contributed by atoms with van der Waals surface area (Å²) in [6.45, 7) is 7.90. The van der Waals surface area contributed by atoms with Gasteiger partial charge in [-0.25, -0.2) is 9.78 Å². The van der Waals surface area contributed by atoms with E-state index < -0.39 is 0 Å². The zero-order valence-corrected chi connectivity index (χ0v) is 16.6. The lowest BCUT2D eigenvalue weighted by Gasteiger charge is -2.38. The molecule has 2 aliphatic heterocycles. The van der Waals surface area contributed by atoms with Crippen LogP contribution in [0.3, 0.4) is 0 Å². The number of amides is 2. The average molecular weight is 373 g/mol. The van der Waals surface area contributed by atoms with E-state index in [0.29, 0.717) is 11.7 Å². The van der Waals surface area contributed by atoms with Crippen LogP contribution in [0, 0.1) is 0 Å². The summed E-state index contributed by atoms with van der Waals surface area (Å²) in [5.41, 5.74) is 1.30. The number of urea groups is 1. The van der Waals surface area contributed by atoms with Crippen molar-refractivity contribution in [3.63, 3.8) is 0 Å². The number of likely N-dealkylation sites (tertiary alicyclic amines) is 1. The number of anilines is 1. The summed E-state index contributed by atoms with van der Waals surface area (Å²) >= 11 is 0. The Morgan fingerprint density at radius 3 is 2.59 bits per heavy atom. The van der Waals surface area contributed by atoms with Gasteiger partial charge in [0.25, 0.3) is 0 Å². The molecule has 2 amide bonds. The van der Waals surface area contributed by atoms with Crippen molar-refractivity contribution in [2.75, 3.05) is 31.5 Å². The number of hydrogen-bond donors (Lipinski definition) is 1. The lowest BCUT2D eigenvalue weighted by atomic mass is 9.81. The van der Waals surface area contributed by atoms with E-state index in [1.165, 1.54) is 24.8 Å². The van der Waals surface area contributed by atoms with Gasteiger partial charge in [0, 0.05) is 38.4 Å². The molecule has 0 bridgehead atoms. The summed E-state index contributed by atoms with van der Waals surface area (Å²) in [6.07, 6.45) is 8.44. The molecule has 3 atom stereocenters. The van der Waals surface area contributed by atoms with E-state index in [1.54, 1.807) is 0 Å². The third-order valence-corrected chi connectivity index (χ3v) is 6.20. The Morgan fingerprint density at radius 2 is 1.96 bits per heavy atom. The van der Waals surface area contributed by atoms with Crippen LogP contribution in [0.2, 0.25) is 0 Å². The number of aromatic nitrogens is 1. The van der Waals surface area contributed by atoms with Crippen LogP contribution in [-0.4, -0.2) is 65.2 Å². The van der Waals surface area contributed by atoms with Crippen molar-refractivity contribution in [1.29, 1.82) is 0 Å². The fourth-order valence-corrected chi connectivity index (χ4v) is 4.67. The Hall–Kier alpha value is -1.66. The van der Waals surface area contributed by atoms with Crippen molar-refractivity contribution in [2.45, 2.75) is 70.1 Å². The Morgan fingerprint density at radius 1 is 1.19 bits per heavy atom. The van der Waals surface area contributed by atoms with Gasteiger partial charge in [-0.15, -0.1) is 0 Å². The number of carbonyl (C=O) groups excluding carboxylic acids is 1. The van der Waals surface area contributed by atoms with Crippen molar-refractivity contribution >= 4 is 11.8 Å². The zero-order chi connectivity index (χ0) is 18.8. The fourth-order valence-electron chi connectivity index (χ4n) is 4.67. The lowest BCUT2D eigenvalue weighted by molar-refractivity contribution is -0.0712. The van der Waals surface area contributed by atoms with Gasteiger partial charge in [0.2, 0.25) is 0 Å². The summed E-state index contributed by atoms with van der Waals surface area (Å²) in [6, 6.07) is 4.32. The SMILES string of the molecule is CC1CN(CC2CCCN2C(=O)Nc2ccc(C3CCC3)cn2)CC(C)O1. The molecule has 1 aromatic heterocycles. The summed E-state index contributed by atoms with van der Waals surface area (Å²) in [5, 5.41) is 3.00. The zero-order valence-electron chi connectivity index (χ0n) is 16.6. The molecule has 1 N–H and O–H groups in total. The number of nitrogens with zero attached hydrogens (tertiary/aromatic N) is 3. The number of pyridine rings is 1. The summed E-state index contributed by atoms with van der Waals surface area (Å²) in [4.78, 5) is 21.7. The van der Waals surface area contributed by atoms with Crippen LogP contribution in [0.4, 0.5) is 10.6 Å². The molecule has 4 rings (SSSR count). The molecule has 0 radical (unpaired) electrons. The van der Waals surface area contributed by atoms with E-state index in [2.05, 4.69) is 35.1 Å². The Kier molecular flexibility index (Phi) is 5.64. The van der Waals surface area contributed by atoms with Crippen LogP contribution < -0.4 is 5.32 Å². The minimum absolute atomic E-state index is 0.0178. The molecule has 0 spiro atoms. The molecule has 6 heteroatoms. The van der Waals surface area contributed by atoms with Gasteiger partial charge in [-0.2, -0.15) is 0 Å². The van der Waals surface area contributed by atoms with E-state index in [4.69, 9.17) is 4.74 Å². The minimum atomic E-state index is -0.0178. The molecule has 3 aliphatic rings. The second kappa shape index (κ2) is 8.15. The van der Waals surface area contributed by atoms with Crippen molar-refractivity contribution in [2.24, 2.45) is 0 Å². The molecule has 27 heavy (non-hydrogen) atoms. The first kappa shape index (κ1) is 18.7. The Bertz CT molecular complexity index is 636. The van der Waals surface area contributed by atoms with Crippen LogP contribution in [0.1, 0.15) is 57.4 Å². The highest BCUT2D eigenvalue weighted by Crippen LogP contribution is 2.36. The smallest absolute Gasteiger partial charge is 0.323 e. The average Bonchev–Trinajstić information content (AvgIpc) is 3.02. The van der Waals surface area contributed by atoms with Crippen LogP contribution in [-0.2, 0) is 4.74 Å². The molecular weight excluding hydrogens is 340 g/mol. The Balaban J connectivity index is 1.33. The molecule has 3 fully saturated rings. The molecule has 3 heterocycles. The second-order valence-corrected chi connectivity index (χ2v) is 8.50. The van der Waals surface area contributed by atoms with Crippen LogP contribution in [0.15, 0.2) is 18.3 Å². The first-order valence-electron chi connectivity index (χ1n) is 10.5. The summed E-state index contributed by atoms with van der Waals surface area (Å²) in [7, 11) is 0. The van der Waals surface area contributed by atoms with E-state index >= 15 is 0 Å². The van der Waals surface area contributed by atoms with Gasteiger partial charge in [-0.3, -0.25) is 10.2 Å². The summed E-state index contributed by atoms with van der Waals surface area (Å²) < 4.78 is 5.83. The van der Waals surface area contributed by atoms with Gasteiger partial charge in [0.05, 0.1) is 12.2 Å². The van der Waals surface area contributed by atoms with E-state index in [1.807, 2.05) is 17.2 Å². The molecule has 3 unspecified atom stereocenters. The maximum atomic E-state index is 12.8. The number of nitrogens with one attached hydrogen (secondary N) is 1. The van der Waals surface area contributed by atoms with E-state index in [0.717, 1.165) is 39.0 Å². The van der Waals surface area contributed by atoms with Gasteiger partial charge in [0.1, 0.15) is 5.82 Å². The van der Waals surface area contributed by atoms with Crippen LogP contribution in [0.5, 0.6) is 0 Å². The number of ether oxygens (including phenoxy) is 1. The quantitative estimate of drug-likeness (QED) is 0.879. The number of carbonyl (C=O) groups is 1. The minimum Gasteiger partial charge on any atom is -0.373 e. The van der Waals surface area contributed by atoms with Crippen LogP contribution in [0.25, 0.3) is 0 Å². The molecule has 148 valence electrons. The highest BCUT2D eigenvalue weighted by Gasteiger charge is 2.32. The van der Waals surface area contributed by atoms with E-state index in [9.17, 15) is 4.79 Å². The third-order valence-electron chi connectivity index (χ3n) is 6.20. The van der Waals surface area contributed by atoms with Gasteiger partial charge >= 0.3 is 6.03 Å². The topological polar surface area (TPSA) is 57.7 Å². The predicted molar refractivity (Wildman–Crippen MR) is 106 cm³/mol. The maximum absolute atomic E-state index is 12.8. The molecule has 1 saturated carbocycles. The Labute approximate surface area is 162 Å². The normalized spacial score (nSPS) is 29.6. The second-order valence-electron chi connectivity index (χ2n) is 8.50. The molecule has 2 saturated heterocycles. The molecule has 1 aromatic rings. The lowest BCUT2D eigenvalue weighted by Crippen LogP contribution is -2.51. The molecule has 1 aliphatic carbocycles. The number of hydrogen-bond acceptors (Lipinski definition) is 4.